The third-order valence-electron chi connectivity index (χ3n) is 8.63. The summed E-state index contributed by atoms with van der Waals surface area (Å²) in [7, 11) is 0. The van der Waals surface area contributed by atoms with Crippen LogP contribution in [-0.4, -0.2) is 14.5 Å². The van der Waals surface area contributed by atoms with Crippen molar-refractivity contribution in [3.63, 3.8) is 0 Å². The largest absolute Gasteiger partial charge is 0.277 e. The maximum Gasteiger partial charge on any atom is 0.235 e. The van der Waals surface area contributed by atoms with Gasteiger partial charge in [0, 0.05) is 62.1 Å². The normalized spacial score (nSPS) is 12.2. The van der Waals surface area contributed by atoms with Gasteiger partial charge in [0.05, 0.1) is 22.2 Å². The summed E-state index contributed by atoms with van der Waals surface area (Å²) in [5.41, 5.74) is 5.32. The summed E-state index contributed by atoms with van der Waals surface area (Å²) < 4.78 is 7.41. The van der Waals surface area contributed by atoms with Crippen molar-refractivity contribution in [3.8, 4) is 17.2 Å². The van der Waals surface area contributed by atoms with E-state index in [0.29, 0.717) is 5.95 Å². The lowest BCUT2D eigenvalue weighted by Crippen LogP contribution is -2.03. The van der Waals surface area contributed by atoms with Crippen molar-refractivity contribution in [1.82, 2.24) is 14.5 Å². The summed E-state index contributed by atoms with van der Waals surface area (Å²) in [4.78, 5) is 10.7. The number of thiophene rings is 2. The average Bonchev–Trinajstić information content (AvgIpc) is 3.73. The van der Waals surface area contributed by atoms with Gasteiger partial charge in [-0.1, -0.05) is 97.1 Å². The third-order valence-corrected chi connectivity index (χ3v) is 11.0. The molecule has 200 valence electrons. The fourth-order valence-electron chi connectivity index (χ4n) is 6.78. The van der Waals surface area contributed by atoms with Crippen LogP contribution in [0.5, 0.6) is 0 Å². The summed E-state index contributed by atoms with van der Waals surface area (Å²) in [5.74, 6) is 0.695. The highest BCUT2D eigenvalue weighted by Gasteiger charge is 2.21. The van der Waals surface area contributed by atoms with Crippen LogP contribution in [0.25, 0.3) is 90.3 Å². The van der Waals surface area contributed by atoms with Gasteiger partial charge in [-0.05, 0) is 30.3 Å². The van der Waals surface area contributed by atoms with Crippen molar-refractivity contribution in [2.24, 2.45) is 0 Å². The van der Waals surface area contributed by atoms with Gasteiger partial charge in [-0.2, -0.15) is 0 Å². The predicted molar refractivity (Wildman–Crippen MR) is 185 cm³/mol. The molecular formula is C38H21N3S2. The van der Waals surface area contributed by atoms with Crippen LogP contribution in [0.1, 0.15) is 0 Å². The fraction of sp³-hybridized carbons (Fsp3) is 0. The molecule has 0 aliphatic carbocycles. The van der Waals surface area contributed by atoms with E-state index < -0.39 is 0 Å². The Morgan fingerprint density at radius 3 is 2.05 bits per heavy atom. The zero-order chi connectivity index (χ0) is 28.1. The zero-order valence-electron chi connectivity index (χ0n) is 22.8. The first kappa shape index (κ1) is 23.5. The number of hydrogen-bond acceptors (Lipinski definition) is 4. The molecule has 0 fully saturated rings. The summed E-state index contributed by atoms with van der Waals surface area (Å²) >= 11 is 3.68. The van der Waals surface area contributed by atoms with Gasteiger partial charge < -0.3 is 0 Å². The Morgan fingerprint density at radius 2 is 1.16 bits per heavy atom. The van der Waals surface area contributed by atoms with Gasteiger partial charge in [0.25, 0.3) is 0 Å². The average molecular weight is 584 g/mol. The molecule has 5 heteroatoms. The Bertz CT molecular complexity index is 2750. The molecule has 10 aromatic rings. The second-order valence-corrected chi connectivity index (χ2v) is 13.1. The van der Waals surface area contributed by atoms with Gasteiger partial charge >= 0.3 is 0 Å². The topological polar surface area (TPSA) is 30.7 Å². The van der Waals surface area contributed by atoms with Crippen LogP contribution >= 0.6 is 22.7 Å². The minimum atomic E-state index is 0.695. The zero-order valence-corrected chi connectivity index (χ0v) is 24.4. The molecule has 4 heterocycles. The van der Waals surface area contributed by atoms with Crippen LogP contribution in [-0.2, 0) is 0 Å². The molecule has 0 N–H and O–H groups in total. The minimum absolute atomic E-state index is 0.695. The fourth-order valence-corrected chi connectivity index (χ4v) is 9.10. The van der Waals surface area contributed by atoms with E-state index in [4.69, 9.17) is 9.97 Å². The minimum Gasteiger partial charge on any atom is -0.277 e. The van der Waals surface area contributed by atoms with Crippen LogP contribution in [0.3, 0.4) is 0 Å². The molecule has 4 aromatic heterocycles. The van der Waals surface area contributed by atoms with Gasteiger partial charge in [0.2, 0.25) is 5.95 Å². The maximum atomic E-state index is 5.47. The number of hydrogen-bond donors (Lipinski definition) is 0. The quantitative estimate of drug-likeness (QED) is 0.203. The van der Waals surface area contributed by atoms with Gasteiger partial charge in [-0.15, -0.1) is 22.7 Å². The SMILES string of the molecule is c1ccc2c(-c3cccc4c3sc3ccccc34)nc(-n3c4ccccc4c4ccc5sc6ccccc6c5c43)nc2c1. The van der Waals surface area contributed by atoms with Crippen LogP contribution in [0, 0.1) is 0 Å². The molecule has 0 unspecified atom stereocenters. The number of benzene rings is 6. The molecule has 3 nitrogen and oxygen atoms in total. The first-order valence-corrected chi connectivity index (χ1v) is 16.0. The summed E-state index contributed by atoms with van der Waals surface area (Å²) in [6, 6.07) is 45.6. The highest BCUT2D eigenvalue weighted by Crippen LogP contribution is 2.44. The summed E-state index contributed by atoms with van der Waals surface area (Å²) in [6.07, 6.45) is 0. The number of fused-ring (bicyclic) bond motifs is 11. The van der Waals surface area contributed by atoms with E-state index >= 15 is 0 Å². The van der Waals surface area contributed by atoms with Gasteiger partial charge in [0.15, 0.2) is 0 Å². The number of nitrogens with zero attached hydrogens (tertiary/aromatic N) is 3. The lowest BCUT2D eigenvalue weighted by atomic mass is 10.0. The molecule has 6 aromatic carbocycles. The monoisotopic (exact) mass is 583 g/mol. The van der Waals surface area contributed by atoms with Gasteiger partial charge in [-0.25, -0.2) is 9.97 Å². The van der Waals surface area contributed by atoms with Crippen LogP contribution < -0.4 is 0 Å². The van der Waals surface area contributed by atoms with Crippen LogP contribution in [0.2, 0.25) is 0 Å². The van der Waals surface area contributed by atoms with Crippen molar-refractivity contribution >= 4 is 95.7 Å². The van der Waals surface area contributed by atoms with E-state index in [1.807, 2.05) is 22.7 Å². The van der Waals surface area contributed by atoms with E-state index in [1.165, 1.54) is 51.1 Å². The maximum absolute atomic E-state index is 5.47. The van der Waals surface area contributed by atoms with Crippen molar-refractivity contribution in [1.29, 1.82) is 0 Å². The standard InChI is InChI=1S/C38H21N3S2/c1-5-16-29-26(12-1)35(28-15-9-14-25-23-11-3-7-18-31(23)43-37(25)28)40-38(39-29)41-30-17-6-2-10-22(30)24-20-21-33-34(36(24)41)27-13-4-8-19-32(27)42-33/h1-21H. The van der Waals surface area contributed by atoms with E-state index in [0.717, 1.165) is 33.2 Å². The predicted octanol–water partition coefficient (Wildman–Crippen LogP) is 11.1. The number of rotatable bonds is 2. The molecule has 0 saturated heterocycles. The molecule has 0 aliphatic rings. The Hall–Kier alpha value is -5.10. The molecule has 0 amide bonds. The molecule has 10 rings (SSSR count). The Kier molecular flexibility index (Phi) is 4.75. The molecule has 0 radical (unpaired) electrons. The van der Waals surface area contributed by atoms with Crippen molar-refractivity contribution < 1.29 is 0 Å². The molecular weight excluding hydrogens is 563 g/mol. The Labute approximate surface area is 253 Å². The van der Waals surface area contributed by atoms with Crippen molar-refractivity contribution in [3.05, 3.63) is 127 Å². The lowest BCUT2D eigenvalue weighted by molar-refractivity contribution is 1.02. The summed E-state index contributed by atoms with van der Waals surface area (Å²) in [5, 5.41) is 8.58. The van der Waals surface area contributed by atoms with E-state index in [2.05, 4.69) is 132 Å². The molecule has 0 atom stereocenters. The van der Waals surface area contributed by atoms with E-state index in [-0.39, 0.29) is 0 Å². The third kappa shape index (κ3) is 3.23. The highest BCUT2D eigenvalue weighted by atomic mass is 32.1. The molecule has 43 heavy (non-hydrogen) atoms. The second kappa shape index (κ2) is 8.71. The van der Waals surface area contributed by atoms with E-state index in [9.17, 15) is 0 Å². The first-order valence-electron chi connectivity index (χ1n) is 14.3. The molecule has 0 bridgehead atoms. The molecule has 0 spiro atoms. The first-order chi connectivity index (χ1) is 21.3. The Balaban J connectivity index is 1.38. The van der Waals surface area contributed by atoms with Crippen LogP contribution in [0.15, 0.2) is 127 Å². The number of aromatic nitrogens is 3. The van der Waals surface area contributed by atoms with Gasteiger partial charge in [0.1, 0.15) is 0 Å². The highest BCUT2D eigenvalue weighted by molar-refractivity contribution is 7.26. The number of para-hydroxylation sites is 2. The van der Waals surface area contributed by atoms with Crippen LogP contribution in [0.4, 0.5) is 0 Å². The lowest BCUT2D eigenvalue weighted by Gasteiger charge is -2.13. The second-order valence-electron chi connectivity index (χ2n) is 11.0. The molecule has 0 saturated carbocycles. The van der Waals surface area contributed by atoms with E-state index in [1.54, 1.807) is 0 Å². The van der Waals surface area contributed by atoms with Gasteiger partial charge in [-0.3, -0.25) is 4.57 Å². The van der Waals surface area contributed by atoms with Crippen molar-refractivity contribution in [2.75, 3.05) is 0 Å². The van der Waals surface area contributed by atoms with Crippen molar-refractivity contribution in [2.45, 2.75) is 0 Å². The summed E-state index contributed by atoms with van der Waals surface area (Å²) in [6.45, 7) is 0. The molecule has 0 aliphatic heterocycles. The smallest absolute Gasteiger partial charge is 0.235 e. The Morgan fingerprint density at radius 1 is 0.465 bits per heavy atom.